The number of aliphatic hydroxyl groups is 1. The van der Waals surface area contributed by atoms with E-state index in [0.717, 1.165) is 43.3 Å². The molecule has 4 fully saturated rings. The van der Waals surface area contributed by atoms with Crippen LogP contribution in [0.4, 0.5) is 5.00 Å². The summed E-state index contributed by atoms with van der Waals surface area (Å²) in [7, 11) is -7.79. The summed E-state index contributed by atoms with van der Waals surface area (Å²) in [5.41, 5.74) is 0.222. The second-order valence-electron chi connectivity index (χ2n) is 12.6. The molecule has 3 N–H and O–H groups in total. The van der Waals surface area contributed by atoms with Crippen LogP contribution in [0.25, 0.3) is 0 Å². The zero-order chi connectivity index (χ0) is 27.4. The van der Waals surface area contributed by atoms with E-state index in [1.54, 1.807) is 5.38 Å². The number of sulfonamides is 2. The number of thiophene rings is 1. The van der Waals surface area contributed by atoms with Crippen molar-refractivity contribution < 1.29 is 26.7 Å². The van der Waals surface area contributed by atoms with Crippen molar-refractivity contribution in [3.05, 3.63) is 22.3 Å². The number of aliphatic hydroxyl groups excluding tert-OH is 1. The SMILES string of the molecule is CC(C)(C)CCN1C(=O)C(C2=NS(=O)(=O)c3c(CNS(C)(=O)=O)csc3N2)=C(O)C2C3CCC(C4CC43)C21. The summed E-state index contributed by atoms with van der Waals surface area (Å²) in [5.74, 6) is 1.05. The first-order valence-electron chi connectivity index (χ1n) is 13.1. The van der Waals surface area contributed by atoms with Gasteiger partial charge in [0, 0.05) is 30.6 Å². The molecule has 3 heterocycles. The highest BCUT2D eigenvalue weighted by Crippen LogP contribution is 2.67. The van der Waals surface area contributed by atoms with E-state index in [1.165, 1.54) is 0 Å². The molecular formula is C25H34N4O6S3. The molecule has 6 aliphatic rings. The fourth-order valence-corrected chi connectivity index (χ4v) is 10.2. The number of nitrogens with zero attached hydrogens (tertiary/aromatic N) is 2. The Morgan fingerprint density at radius 1 is 1.21 bits per heavy atom. The lowest BCUT2D eigenvalue weighted by Crippen LogP contribution is -2.61. The maximum Gasteiger partial charge on any atom is 0.287 e. The molecule has 13 heteroatoms. The van der Waals surface area contributed by atoms with Crippen LogP contribution in [-0.2, 0) is 31.4 Å². The maximum absolute atomic E-state index is 14.1. The van der Waals surface area contributed by atoms with Crippen LogP contribution >= 0.6 is 11.3 Å². The average Bonchev–Trinajstić information content (AvgIpc) is 3.51. The van der Waals surface area contributed by atoms with E-state index >= 15 is 0 Å². The zero-order valence-electron chi connectivity index (χ0n) is 21.9. The zero-order valence-corrected chi connectivity index (χ0v) is 24.3. The van der Waals surface area contributed by atoms with Crippen LogP contribution in [0, 0.1) is 35.0 Å². The second-order valence-corrected chi connectivity index (χ2v) is 16.9. The number of carbonyl (C=O) groups is 1. The van der Waals surface area contributed by atoms with Gasteiger partial charge in [-0.05, 0) is 60.1 Å². The molecule has 6 atom stereocenters. The van der Waals surface area contributed by atoms with E-state index in [4.69, 9.17) is 0 Å². The van der Waals surface area contributed by atoms with Gasteiger partial charge in [0.05, 0.1) is 6.26 Å². The summed E-state index contributed by atoms with van der Waals surface area (Å²) in [4.78, 5) is 15.9. The van der Waals surface area contributed by atoms with Crippen LogP contribution in [0.15, 0.2) is 26.0 Å². The van der Waals surface area contributed by atoms with Crippen molar-refractivity contribution in [1.29, 1.82) is 0 Å². The Balaban J connectivity index is 1.40. The lowest BCUT2D eigenvalue weighted by atomic mass is 9.59. The Morgan fingerprint density at radius 2 is 1.89 bits per heavy atom. The third kappa shape index (κ3) is 4.29. The number of anilines is 1. The van der Waals surface area contributed by atoms with Gasteiger partial charge >= 0.3 is 0 Å². The van der Waals surface area contributed by atoms with Gasteiger partial charge < -0.3 is 15.3 Å². The van der Waals surface area contributed by atoms with Crippen molar-refractivity contribution in [2.45, 2.75) is 63.9 Å². The molecule has 208 valence electrons. The Bertz CT molecular complexity index is 1490. The van der Waals surface area contributed by atoms with E-state index in [9.17, 15) is 26.7 Å². The molecule has 0 aromatic carbocycles. The van der Waals surface area contributed by atoms with E-state index in [2.05, 4.69) is 35.2 Å². The predicted molar refractivity (Wildman–Crippen MR) is 145 cm³/mol. The van der Waals surface area contributed by atoms with Gasteiger partial charge in [-0.3, -0.25) is 4.79 Å². The highest BCUT2D eigenvalue weighted by atomic mass is 32.2. The minimum atomic E-state index is -4.25. The number of hydrogen-bond acceptors (Lipinski definition) is 8. The monoisotopic (exact) mass is 582 g/mol. The Kier molecular flexibility index (Phi) is 5.89. The lowest BCUT2D eigenvalue weighted by Gasteiger charge is -2.54. The van der Waals surface area contributed by atoms with Crippen LogP contribution in [0.2, 0.25) is 0 Å². The molecule has 1 aromatic heterocycles. The molecule has 7 rings (SSSR count). The van der Waals surface area contributed by atoms with Gasteiger partial charge in [0.15, 0.2) is 5.84 Å². The second kappa shape index (κ2) is 8.52. The van der Waals surface area contributed by atoms with Crippen LogP contribution in [0.5, 0.6) is 0 Å². The normalized spacial score (nSPS) is 33.3. The molecule has 0 spiro atoms. The fraction of sp³-hybridized carbons (Fsp3) is 0.680. The molecule has 1 amide bonds. The van der Waals surface area contributed by atoms with E-state index in [-0.39, 0.29) is 68.4 Å². The molecule has 38 heavy (non-hydrogen) atoms. The first-order chi connectivity index (χ1) is 17.7. The highest BCUT2D eigenvalue weighted by molar-refractivity contribution is 7.91. The average molecular weight is 583 g/mol. The van der Waals surface area contributed by atoms with Gasteiger partial charge in [0.25, 0.3) is 15.9 Å². The van der Waals surface area contributed by atoms with E-state index in [0.29, 0.717) is 24.3 Å². The van der Waals surface area contributed by atoms with Crippen molar-refractivity contribution in [2.75, 3.05) is 18.1 Å². The highest BCUT2D eigenvalue weighted by Gasteiger charge is 2.65. The molecule has 2 bridgehead atoms. The van der Waals surface area contributed by atoms with Crippen molar-refractivity contribution >= 4 is 48.1 Å². The molecule has 2 aliphatic heterocycles. The predicted octanol–water partition coefficient (Wildman–Crippen LogP) is 3.06. The number of hydrogen-bond donors (Lipinski definition) is 3. The summed E-state index contributed by atoms with van der Waals surface area (Å²) < 4.78 is 56.0. The maximum atomic E-state index is 14.1. The smallest absolute Gasteiger partial charge is 0.287 e. The number of fused-ring (bicyclic) bond motifs is 2. The third-order valence-corrected chi connectivity index (χ3v) is 12.0. The summed E-state index contributed by atoms with van der Waals surface area (Å²) in [6.45, 7) is 6.73. The molecule has 1 aromatic rings. The summed E-state index contributed by atoms with van der Waals surface area (Å²) in [5, 5.41) is 16.4. The largest absolute Gasteiger partial charge is 0.511 e. The minimum absolute atomic E-state index is 0.00116. The number of rotatable bonds is 6. The number of carbonyl (C=O) groups excluding carboxylic acids is 1. The lowest BCUT2D eigenvalue weighted by molar-refractivity contribution is -0.140. The molecule has 4 saturated carbocycles. The Labute approximate surface area is 227 Å². The summed E-state index contributed by atoms with van der Waals surface area (Å²) in [6.07, 6.45) is 4.99. The summed E-state index contributed by atoms with van der Waals surface area (Å²) in [6, 6.07) is -0.0668. The van der Waals surface area contributed by atoms with Crippen molar-refractivity contribution in [1.82, 2.24) is 9.62 Å². The molecule has 10 nitrogen and oxygen atoms in total. The van der Waals surface area contributed by atoms with Crippen LogP contribution in [0.3, 0.4) is 0 Å². The van der Waals surface area contributed by atoms with Crippen LogP contribution in [0.1, 0.15) is 52.0 Å². The first-order valence-corrected chi connectivity index (χ1v) is 17.3. The molecule has 0 saturated heterocycles. The number of amidine groups is 1. The van der Waals surface area contributed by atoms with Gasteiger partial charge in [-0.2, -0.15) is 8.42 Å². The minimum Gasteiger partial charge on any atom is -0.511 e. The standard InChI is InChI=1S/C25H34N4O6S3/c1-25(2,3)7-8-29-19-14-6-5-13(15-9-16(14)15)17(19)20(30)18(24(29)31)22-27-23-21(38(34,35)28-22)12(11-36-23)10-26-37(4,32)33/h11,13-17,19,26,30H,5-10H2,1-4H3,(H,27,28). The van der Waals surface area contributed by atoms with Crippen LogP contribution < -0.4 is 10.0 Å². The first kappa shape index (κ1) is 26.3. The van der Waals surface area contributed by atoms with Gasteiger partial charge in [-0.1, -0.05) is 20.8 Å². The van der Waals surface area contributed by atoms with Gasteiger partial charge in [-0.15, -0.1) is 15.7 Å². The van der Waals surface area contributed by atoms with Gasteiger partial charge in [-0.25, -0.2) is 13.1 Å². The quantitative estimate of drug-likeness (QED) is 0.467. The molecular weight excluding hydrogens is 548 g/mol. The van der Waals surface area contributed by atoms with Gasteiger partial charge in [0.1, 0.15) is 21.2 Å². The molecule has 6 unspecified atom stereocenters. The molecule has 4 aliphatic carbocycles. The van der Waals surface area contributed by atoms with Gasteiger partial charge in [0.2, 0.25) is 10.0 Å². The summed E-state index contributed by atoms with van der Waals surface area (Å²) >= 11 is 1.10. The third-order valence-electron chi connectivity index (χ3n) is 8.88. The topological polar surface area (TPSA) is 145 Å². The molecule has 0 radical (unpaired) electrons. The van der Waals surface area contributed by atoms with Crippen LogP contribution in [-0.4, -0.2) is 57.4 Å². The van der Waals surface area contributed by atoms with Crippen molar-refractivity contribution in [3.8, 4) is 0 Å². The fourth-order valence-electron chi connectivity index (χ4n) is 7.18. The van der Waals surface area contributed by atoms with E-state index < -0.39 is 20.0 Å². The number of amides is 1. The number of nitrogens with one attached hydrogen (secondary N) is 2. The van der Waals surface area contributed by atoms with E-state index in [1.807, 2.05) is 4.90 Å². The van der Waals surface area contributed by atoms with Crippen molar-refractivity contribution in [2.24, 2.45) is 39.4 Å². The van der Waals surface area contributed by atoms with Crippen molar-refractivity contribution in [3.63, 3.8) is 0 Å². The Hall–Kier alpha value is -1.96. The Morgan fingerprint density at radius 3 is 2.58 bits per heavy atom.